The normalized spacial score (nSPS) is 11.2. The molecule has 1 amide bonds. The van der Waals surface area contributed by atoms with Crippen LogP contribution in [0.3, 0.4) is 0 Å². The molecular weight excluding hydrogens is 264 g/mol. The predicted octanol–water partition coefficient (Wildman–Crippen LogP) is 3.37. The molecule has 118 valence electrons. The lowest BCUT2D eigenvalue weighted by atomic mass is 9.87. The first-order valence-electron chi connectivity index (χ1n) is 7.68. The van der Waals surface area contributed by atoms with Crippen molar-refractivity contribution in [2.24, 2.45) is 5.41 Å². The average Bonchev–Trinajstić information content (AvgIpc) is 2.45. The van der Waals surface area contributed by atoms with Crippen molar-refractivity contribution in [1.29, 1.82) is 0 Å². The second kappa shape index (κ2) is 8.55. The van der Waals surface area contributed by atoms with E-state index in [-0.39, 0.29) is 17.9 Å². The zero-order valence-corrected chi connectivity index (χ0v) is 13.4. The van der Waals surface area contributed by atoms with Gasteiger partial charge in [-0.1, -0.05) is 40.0 Å². The number of rotatable bonds is 9. The van der Waals surface area contributed by atoms with Crippen molar-refractivity contribution in [2.75, 3.05) is 18.9 Å². The summed E-state index contributed by atoms with van der Waals surface area (Å²) in [6.07, 6.45) is 4.80. The van der Waals surface area contributed by atoms with Gasteiger partial charge in [-0.3, -0.25) is 4.79 Å². The van der Waals surface area contributed by atoms with Crippen LogP contribution < -0.4 is 15.8 Å². The fourth-order valence-electron chi connectivity index (χ4n) is 2.04. The summed E-state index contributed by atoms with van der Waals surface area (Å²) in [4.78, 5) is 11.8. The molecule has 21 heavy (non-hydrogen) atoms. The largest absolute Gasteiger partial charge is 0.484 e. The number of nitrogens with one attached hydrogen (secondary N) is 1. The minimum absolute atomic E-state index is 0.0367. The Morgan fingerprint density at radius 1 is 1.24 bits per heavy atom. The summed E-state index contributed by atoms with van der Waals surface area (Å²) in [6, 6.07) is 7.03. The van der Waals surface area contributed by atoms with E-state index in [1.807, 2.05) is 0 Å². The fraction of sp³-hybridized carbons (Fsp3) is 0.588. The second-order valence-electron chi connectivity index (χ2n) is 6.26. The molecule has 0 aliphatic heterocycles. The SMILES string of the molecule is CCCCCC(C)(C)CNC(=O)COc1ccc(N)cc1. The fourth-order valence-corrected chi connectivity index (χ4v) is 2.04. The average molecular weight is 292 g/mol. The zero-order chi connectivity index (χ0) is 15.7. The topological polar surface area (TPSA) is 64.3 Å². The van der Waals surface area contributed by atoms with E-state index in [2.05, 4.69) is 26.1 Å². The van der Waals surface area contributed by atoms with Crippen LogP contribution in [-0.2, 0) is 4.79 Å². The number of hydrogen-bond donors (Lipinski definition) is 2. The third-order valence-corrected chi connectivity index (χ3v) is 3.47. The molecule has 0 heterocycles. The number of carbonyl (C=O) groups excluding carboxylic acids is 1. The molecule has 0 fully saturated rings. The van der Waals surface area contributed by atoms with Gasteiger partial charge in [0.2, 0.25) is 0 Å². The number of hydrogen-bond acceptors (Lipinski definition) is 3. The van der Waals surface area contributed by atoms with E-state index in [1.165, 1.54) is 19.3 Å². The molecule has 0 aliphatic rings. The van der Waals surface area contributed by atoms with Crippen molar-refractivity contribution in [3.63, 3.8) is 0 Å². The van der Waals surface area contributed by atoms with Gasteiger partial charge in [0, 0.05) is 12.2 Å². The van der Waals surface area contributed by atoms with Crippen molar-refractivity contribution in [3.8, 4) is 5.75 Å². The third kappa shape index (κ3) is 7.59. The number of ether oxygens (including phenoxy) is 1. The summed E-state index contributed by atoms with van der Waals surface area (Å²) in [5.74, 6) is 0.567. The molecule has 1 aromatic carbocycles. The molecule has 1 aromatic rings. The highest BCUT2D eigenvalue weighted by atomic mass is 16.5. The first kappa shape index (κ1) is 17.3. The van der Waals surface area contributed by atoms with Crippen LogP contribution in [0.4, 0.5) is 5.69 Å². The zero-order valence-electron chi connectivity index (χ0n) is 13.4. The van der Waals surface area contributed by atoms with Crippen LogP contribution >= 0.6 is 0 Å². The monoisotopic (exact) mass is 292 g/mol. The van der Waals surface area contributed by atoms with Crippen molar-refractivity contribution in [1.82, 2.24) is 5.32 Å². The molecule has 0 saturated heterocycles. The van der Waals surface area contributed by atoms with E-state index < -0.39 is 0 Å². The van der Waals surface area contributed by atoms with Gasteiger partial charge in [0.15, 0.2) is 6.61 Å². The molecule has 0 aromatic heterocycles. The minimum Gasteiger partial charge on any atom is -0.484 e. The highest BCUT2D eigenvalue weighted by molar-refractivity contribution is 5.77. The van der Waals surface area contributed by atoms with Crippen LogP contribution in [0.2, 0.25) is 0 Å². The summed E-state index contributed by atoms with van der Waals surface area (Å²) in [5.41, 5.74) is 6.41. The summed E-state index contributed by atoms with van der Waals surface area (Å²) in [7, 11) is 0. The van der Waals surface area contributed by atoms with Crippen molar-refractivity contribution in [3.05, 3.63) is 24.3 Å². The molecule has 0 saturated carbocycles. The van der Waals surface area contributed by atoms with Crippen LogP contribution in [0.1, 0.15) is 46.5 Å². The first-order chi connectivity index (χ1) is 9.93. The molecule has 0 spiro atoms. The van der Waals surface area contributed by atoms with E-state index in [0.29, 0.717) is 18.0 Å². The van der Waals surface area contributed by atoms with E-state index >= 15 is 0 Å². The first-order valence-corrected chi connectivity index (χ1v) is 7.68. The molecule has 0 unspecified atom stereocenters. The lowest BCUT2D eigenvalue weighted by Gasteiger charge is -2.25. The molecule has 4 heteroatoms. The smallest absolute Gasteiger partial charge is 0.257 e. The van der Waals surface area contributed by atoms with Crippen LogP contribution in [0.25, 0.3) is 0 Å². The van der Waals surface area contributed by atoms with Gasteiger partial charge in [-0.25, -0.2) is 0 Å². The maximum atomic E-state index is 11.8. The van der Waals surface area contributed by atoms with Gasteiger partial charge in [0.05, 0.1) is 0 Å². The van der Waals surface area contributed by atoms with Gasteiger partial charge >= 0.3 is 0 Å². The van der Waals surface area contributed by atoms with Crippen LogP contribution in [-0.4, -0.2) is 19.1 Å². The maximum absolute atomic E-state index is 11.8. The van der Waals surface area contributed by atoms with Gasteiger partial charge < -0.3 is 15.8 Å². The van der Waals surface area contributed by atoms with Gasteiger partial charge in [-0.15, -0.1) is 0 Å². The minimum atomic E-state index is -0.0876. The Morgan fingerprint density at radius 3 is 2.52 bits per heavy atom. The Kier molecular flexibility index (Phi) is 7.06. The highest BCUT2D eigenvalue weighted by Crippen LogP contribution is 2.22. The lowest BCUT2D eigenvalue weighted by molar-refractivity contribution is -0.123. The molecular formula is C17H28N2O2. The lowest BCUT2D eigenvalue weighted by Crippen LogP contribution is -2.36. The van der Waals surface area contributed by atoms with E-state index in [9.17, 15) is 4.79 Å². The number of nitrogen functional groups attached to an aromatic ring is 1. The highest BCUT2D eigenvalue weighted by Gasteiger charge is 2.18. The summed E-state index contributed by atoms with van der Waals surface area (Å²) in [6.45, 7) is 7.28. The number of carbonyl (C=O) groups is 1. The molecule has 0 aliphatic carbocycles. The molecule has 3 N–H and O–H groups in total. The van der Waals surface area contributed by atoms with Crippen LogP contribution in [0.5, 0.6) is 5.75 Å². The van der Waals surface area contributed by atoms with E-state index in [1.54, 1.807) is 24.3 Å². The van der Waals surface area contributed by atoms with Crippen molar-refractivity contribution >= 4 is 11.6 Å². The quantitative estimate of drug-likeness (QED) is 0.542. The van der Waals surface area contributed by atoms with Gasteiger partial charge in [-0.05, 0) is 36.1 Å². The number of amides is 1. The van der Waals surface area contributed by atoms with E-state index in [4.69, 9.17) is 10.5 Å². The summed E-state index contributed by atoms with van der Waals surface area (Å²) >= 11 is 0. The maximum Gasteiger partial charge on any atom is 0.257 e. The summed E-state index contributed by atoms with van der Waals surface area (Å²) < 4.78 is 5.42. The van der Waals surface area contributed by atoms with Crippen molar-refractivity contribution in [2.45, 2.75) is 46.5 Å². The van der Waals surface area contributed by atoms with Gasteiger partial charge in [0.25, 0.3) is 5.91 Å². The number of anilines is 1. The van der Waals surface area contributed by atoms with E-state index in [0.717, 1.165) is 6.42 Å². The molecule has 0 atom stereocenters. The summed E-state index contributed by atoms with van der Waals surface area (Å²) in [5, 5.41) is 2.94. The Balaban J connectivity index is 2.25. The van der Waals surface area contributed by atoms with Crippen LogP contribution in [0.15, 0.2) is 24.3 Å². The van der Waals surface area contributed by atoms with Gasteiger partial charge in [0.1, 0.15) is 5.75 Å². The Bertz CT molecular complexity index is 427. The van der Waals surface area contributed by atoms with Crippen LogP contribution in [0, 0.1) is 5.41 Å². The third-order valence-electron chi connectivity index (χ3n) is 3.47. The molecule has 1 rings (SSSR count). The second-order valence-corrected chi connectivity index (χ2v) is 6.26. The molecule has 4 nitrogen and oxygen atoms in total. The van der Waals surface area contributed by atoms with Gasteiger partial charge in [-0.2, -0.15) is 0 Å². The number of benzene rings is 1. The Hall–Kier alpha value is -1.71. The Labute approximate surface area is 128 Å². The molecule has 0 bridgehead atoms. The molecule has 0 radical (unpaired) electrons. The Morgan fingerprint density at radius 2 is 1.90 bits per heavy atom. The standard InChI is InChI=1S/C17H28N2O2/c1-4-5-6-11-17(2,3)13-19-16(20)12-21-15-9-7-14(18)8-10-15/h7-10H,4-6,11-13,18H2,1-3H3,(H,19,20). The number of nitrogens with two attached hydrogens (primary N) is 1. The number of unbranched alkanes of at least 4 members (excludes halogenated alkanes) is 2. The predicted molar refractivity (Wildman–Crippen MR) is 87.3 cm³/mol. The van der Waals surface area contributed by atoms with Crippen molar-refractivity contribution < 1.29 is 9.53 Å².